The van der Waals surface area contributed by atoms with Crippen molar-refractivity contribution in [1.82, 2.24) is 10.2 Å². The molecule has 5 nitrogen and oxygen atoms in total. The maximum absolute atomic E-state index is 11.7. The van der Waals surface area contributed by atoms with Crippen molar-refractivity contribution in [3.8, 4) is 0 Å². The molecule has 1 aliphatic rings. The fourth-order valence-corrected chi connectivity index (χ4v) is 2.55. The molecule has 1 aromatic rings. The van der Waals surface area contributed by atoms with E-state index in [4.69, 9.17) is 23.2 Å². The molecular weight excluding hydrogens is 301 g/mol. The number of likely N-dealkylation sites (tertiary alicyclic amines) is 1. The van der Waals surface area contributed by atoms with Crippen molar-refractivity contribution in [3.63, 3.8) is 0 Å². The summed E-state index contributed by atoms with van der Waals surface area (Å²) < 4.78 is 0. The van der Waals surface area contributed by atoms with Gasteiger partial charge in [-0.3, -0.25) is 4.79 Å². The molecule has 1 aromatic carbocycles. The minimum Gasteiger partial charge on any atom is -0.329 e. The summed E-state index contributed by atoms with van der Waals surface area (Å²) in [6.07, 6.45) is 2.03. The number of halogens is 2. The van der Waals surface area contributed by atoms with E-state index in [1.165, 1.54) is 0 Å². The summed E-state index contributed by atoms with van der Waals surface area (Å²) >= 11 is 11.7. The number of amides is 3. The summed E-state index contributed by atoms with van der Waals surface area (Å²) in [5, 5.41) is 6.09. The lowest BCUT2D eigenvalue weighted by atomic mass is 10.3. The standard InChI is InChI=1S/C13H15Cl2N3O2/c14-9-5-10(15)7-11(6-9)17-12(19)8-16-13(20)18-3-1-2-4-18/h5-7H,1-4,8H2,(H,16,20)(H,17,19). The van der Waals surface area contributed by atoms with Gasteiger partial charge in [0.2, 0.25) is 5.91 Å². The van der Waals surface area contributed by atoms with Gasteiger partial charge in [-0.25, -0.2) is 4.79 Å². The van der Waals surface area contributed by atoms with Crippen molar-refractivity contribution in [2.45, 2.75) is 12.8 Å². The van der Waals surface area contributed by atoms with Crippen LogP contribution in [-0.4, -0.2) is 36.5 Å². The van der Waals surface area contributed by atoms with E-state index in [1.807, 2.05) is 0 Å². The smallest absolute Gasteiger partial charge is 0.317 e. The molecule has 2 N–H and O–H groups in total. The summed E-state index contributed by atoms with van der Waals surface area (Å²) in [7, 11) is 0. The third-order valence-corrected chi connectivity index (χ3v) is 3.38. The van der Waals surface area contributed by atoms with Crippen LogP contribution in [0.15, 0.2) is 18.2 Å². The fourth-order valence-electron chi connectivity index (χ4n) is 2.02. The van der Waals surface area contributed by atoms with Crippen molar-refractivity contribution in [1.29, 1.82) is 0 Å². The van der Waals surface area contributed by atoms with E-state index in [9.17, 15) is 9.59 Å². The van der Waals surface area contributed by atoms with E-state index in [2.05, 4.69) is 10.6 Å². The lowest BCUT2D eigenvalue weighted by Gasteiger charge is -2.16. The number of carbonyl (C=O) groups is 2. The van der Waals surface area contributed by atoms with Gasteiger partial charge in [0, 0.05) is 28.8 Å². The Morgan fingerprint density at radius 2 is 1.70 bits per heavy atom. The van der Waals surface area contributed by atoms with E-state index >= 15 is 0 Å². The summed E-state index contributed by atoms with van der Waals surface area (Å²) in [5.74, 6) is -0.323. The molecule has 0 radical (unpaired) electrons. The van der Waals surface area contributed by atoms with Crippen LogP contribution < -0.4 is 10.6 Å². The molecule has 0 unspecified atom stereocenters. The van der Waals surface area contributed by atoms with Gasteiger partial charge in [0.1, 0.15) is 0 Å². The zero-order valence-electron chi connectivity index (χ0n) is 10.8. The monoisotopic (exact) mass is 315 g/mol. The van der Waals surface area contributed by atoms with Crippen molar-refractivity contribution >= 4 is 40.8 Å². The number of nitrogens with zero attached hydrogens (tertiary/aromatic N) is 1. The van der Waals surface area contributed by atoms with Gasteiger partial charge < -0.3 is 15.5 Å². The Hall–Kier alpha value is -1.46. The second-order valence-electron chi connectivity index (χ2n) is 4.56. The van der Waals surface area contributed by atoms with Gasteiger partial charge in [0.05, 0.1) is 6.54 Å². The van der Waals surface area contributed by atoms with E-state index in [0.29, 0.717) is 15.7 Å². The maximum atomic E-state index is 11.7. The second-order valence-corrected chi connectivity index (χ2v) is 5.43. The normalized spacial score (nSPS) is 14.2. The molecule has 108 valence electrons. The molecule has 1 saturated heterocycles. The molecule has 0 aromatic heterocycles. The van der Waals surface area contributed by atoms with Gasteiger partial charge >= 0.3 is 6.03 Å². The highest BCUT2D eigenvalue weighted by molar-refractivity contribution is 6.35. The van der Waals surface area contributed by atoms with Crippen molar-refractivity contribution in [2.75, 3.05) is 25.0 Å². The first kappa shape index (κ1) is 14.9. The Bertz CT molecular complexity index is 496. The van der Waals surface area contributed by atoms with Crippen LogP contribution in [0, 0.1) is 0 Å². The molecule has 0 bridgehead atoms. The predicted molar refractivity (Wildman–Crippen MR) is 79.3 cm³/mol. The van der Waals surface area contributed by atoms with Crippen LogP contribution in [0.5, 0.6) is 0 Å². The summed E-state index contributed by atoms with van der Waals surface area (Å²) in [6.45, 7) is 1.41. The first-order valence-corrected chi connectivity index (χ1v) is 7.09. The number of anilines is 1. The van der Waals surface area contributed by atoms with Gasteiger partial charge in [-0.2, -0.15) is 0 Å². The molecule has 7 heteroatoms. The number of nitrogens with one attached hydrogen (secondary N) is 2. The highest BCUT2D eigenvalue weighted by atomic mass is 35.5. The highest BCUT2D eigenvalue weighted by Gasteiger charge is 2.18. The zero-order chi connectivity index (χ0) is 14.5. The molecule has 0 aliphatic carbocycles. The van der Waals surface area contributed by atoms with Gasteiger partial charge in [-0.05, 0) is 31.0 Å². The lowest BCUT2D eigenvalue weighted by molar-refractivity contribution is -0.115. The van der Waals surface area contributed by atoms with Crippen LogP contribution >= 0.6 is 23.2 Å². The molecule has 1 aliphatic heterocycles. The average Bonchev–Trinajstić information content (AvgIpc) is 2.88. The second kappa shape index (κ2) is 6.81. The number of urea groups is 1. The van der Waals surface area contributed by atoms with E-state index in [0.717, 1.165) is 25.9 Å². The van der Waals surface area contributed by atoms with Gasteiger partial charge in [-0.1, -0.05) is 23.2 Å². The topological polar surface area (TPSA) is 61.4 Å². The largest absolute Gasteiger partial charge is 0.329 e. The van der Waals surface area contributed by atoms with Gasteiger partial charge in [-0.15, -0.1) is 0 Å². The van der Waals surface area contributed by atoms with Crippen LogP contribution in [0.4, 0.5) is 10.5 Å². The number of rotatable bonds is 3. The quantitative estimate of drug-likeness (QED) is 0.901. The highest BCUT2D eigenvalue weighted by Crippen LogP contribution is 2.22. The molecule has 0 spiro atoms. The maximum Gasteiger partial charge on any atom is 0.317 e. The molecule has 2 rings (SSSR count). The van der Waals surface area contributed by atoms with Gasteiger partial charge in [0.15, 0.2) is 0 Å². The molecule has 3 amide bonds. The van der Waals surface area contributed by atoms with Crippen molar-refractivity contribution < 1.29 is 9.59 Å². The summed E-state index contributed by atoms with van der Waals surface area (Å²) in [5.41, 5.74) is 0.503. The minimum absolute atomic E-state index is 0.0839. The van der Waals surface area contributed by atoms with Crippen LogP contribution in [0.1, 0.15) is 12.8 Å². The predicted octanol–water partition coefficient (Wildman–Crippen LogP) is 2.74. The van der Waals surface area contributed by atoms with E-state index < -0.39 is 0 Å². The molecule has 1 fully saturated rings. The average molecular weight is 316 g/mol. The molecular formula is C13H15Cl2N3O2. The number of benzene rings is 1. The lowest BCUT2D eigenvalue weighted by Crippen LogP contribution is -2.41. The molecule has 1 heterocycles. The van der Waals surface area contributed by atoms with Crippen LogP contribution in [0.2, 0.25) is 10.0 Å². The number of hydrogen-bond donors (Lipinski definition) is 2. The number of hydrogen-bond acceptors (Lipinski definition) is 2. The Morgan fingerprint density at radius 3 is 2.30 bits per heavy atom. The third-order valence-electron chi connectivity index (χ3n) is 2.94. The minimum atomic E-state index is -0.323. The molecule has 20 heavy (non-hydrogen) atoms. The fraction of sp³-hybridized carbons (Fsp3) is 0.385. The zero-order valence-corrected chi connectivity index (χ0v) is 12.3. The van der Waals surface area contributed by atoms with Crippen LogP contribution in [-0.2, 0) is 4.79 Å². The molecule has 0 atom stereocenters. The number of carbonyl (C=O) groups excluding carboxylic acids is 2. The Balaban J connectivity index is 1.81. The summed E-state index contributed by atoms with van der Waals surface area (Å²) in [4.78, 5) is 25.1. The van der Waals surface area contributed by atoms with Crippen LogP contribution in [0.25, 0.3) is 0 Å². The Labute approximate surface area is 127 Å². The van der Waals surface area contributed by atoms with Crippen LogP contribution in [0.3, 0.4) is 0 Å². The van der Waals surface area contributed by atoms with Gasteiger partial charge in [0.25, 0.3) is 0 Å². The summed E-state index contributed by atoms with van der Waals surface area (Å²) in [6, 6.07) is 4.55. The first-order chi connectivity index (χ1) is 9.54. The third kappa shape index (κ3) is 4.28. The Kier molecular flexibility index (Phi) is 5.09. The molecule has 0 saturated carbocycles. The van der Waals surface area contributed by atoms with E-state index in [1.54, 1.807) is 23.1 Å². The van der Waals surface area contributed by atoms with Crippen molar-refractivity contribution in [2.24, 2.45) is 0 Å². The first-order valence-electron chi connectivity index (χ1n) is 6.33. The van der Waals surface area contributed by atoms with E-state index in [-0.39, 0.29) is 18.5 Å². The SMILES string of the molecule is O=C(CNC(=O)N1CCCC1)Nc1cc(Cl)cc(Cl)c1. The Morgan fingerprint density at radius 1 is 1.10 bits per heavy atom. The van der Waals surface area contributed by atoms with Crippen molar-refractivity contribution in [3.05, 3.63) is 28.2 Å².